The van der Waals surface area contributed by atoms with Crippen LogP contribution in [-0.4, -0.2) is 23.1 Å². The van der Waals surface area contributed by atoms with E-state index in [1.807, 2.05) is 11.5 Å². The van der Waals surface area contributed by atoms with Gasteiger partial charge in [0.1, 0.15) is 16.5 Å². The molecule has 0 amide bonds. The molecule has 2 aromatic heterocycles. The lowest BCUT2D eigenvalue weighted by atomic mass is 10.2. The summed E-state index contributed by atoms with van der Waals surface area (Å²) in [6.07, 6.45) is 1.98. The minimum Gasteiger partial charge on any atom is -0.347 e. The van der Waals surface area contributed by atoms with E-state index in [1.54, 1.807) is 13.8 Å². The van der Waals surface area contributed by atoms with Crippen LogP contribution in [0, 0.1) is 25.5 Å². The number of nitrogens with zero attached hydrogens (tertiary/aromatic N) is 3. The van der Waals surface area contributed by atoms with Crippen LogP contribution in [0.4, 0.5) is 8.78 Å². The van der Waals surface area contributed by atoms with E-state index in [1.165, 1.54) is 0 Å². The van der Waals surface area contributed by atoms with Crippen molar-refractivity contribution in [1.29, 1.82) is 0 Å². The fourth-order valence-corrected chi connectivity index (χ4v) is 5.22. The molecule has 0 atom stereocenters. The Hall–Kier alpha value is -2.59. The summed E-state index contributed by atoms with van der Waals surface area (Å²) in [6.45, 7) is 5.71. The lowest BCUT2D eigenvalue weighted by Crippen LogP contribution is -2.24. The lowest BCUT2D eigenvalue weighted by Gasteiger charge is -2.09. The largest absolute Gasteiger partial charge is 0.347 e. The van der Waals surface area contributed by atoms with Crippen molar-refractivity contribution < 1.29 is 21.7 Å². The zero-order valence-electron chi connectivity index (χ0n) is 16.9. The number of rotatable bonds is 7. The maximum absolute atomic E-state index is 13.4. The normalized spacial score (nSPS) is 14.4. The third-order valence-corrected chi connectivity index (χ3v) is 6.86. The van der Waals surface area contributed by atoms with Gasteiger partial charge in [-0.05, 0) is 51.3 Å². The maximum atomic E-state index is 13.4. The molecule has 1 N–H and O–H groups in total. The summed E-state index contributed by atoms with van der Waals surface area (Å²) in [4.78, 5) is 4.46. The third-order valence-electron chi connectivity index (χ3n) is 5.30. The molecular formula is C20H22F2N4O3S. The Balaban J connectivity index is 1.74. The van der Waals surface area contributed by atoms with Gasteiger partial charge in [-0.25, -0.2) is 21.9 Å². The van der Waals surface area contributed by atoms with Gasteiger partial charge < -0.3 is 9.09 Å². The van der Waals surface area contributed by atoms with Crippen molar-refractivity contribution in [3.8, 4) is 11.5 Å². The minimum absolute atomic E-state index is 0.0321. The van der Waals surface area contributed by atoms with Gasteiger partial charge in [0.25, 0.3) is 5.89 Å². The maximum Gasteiger partial charge on any atom is 0.261 e. The Morgan fingerprint density at radius 3 is 2.43 bits per heavy atom. The zero-order valence-corrected chi connectivity index (χ0v) is 17.7. The van der Waals surface area contributed by atoms with Gasteiger partial charge in [0, 0.05) is 36.5 Å². The molecule has 1 saturated carbocycles. The van der Waals surface area contributed by atoms with Crippen LogP contribution in [0.1, 0.15) is 48.5 Å². The second-order valence-corrected chi connectivity index (χ2v) is 9.16. The predicted octanol–water partition coefficient (Wildman–Crippen LogP) is 3.81. The molecule has 0 bridgehead atoms. The molecule has 1 aliphatic carbocycles. The van der Waals surface area contributed by atoms with Crippen LogP contribution in [0.3, 0.4) is 0 Å². The van der Waals surface area contributed by atoms with Crippen molar-refractivity contribution in [2.24, 2.45) is 0 Å². The van der Waals surface area contributed by atoms with Crippen molar-refractivity contribution in [3.05, 3.63) is 52.6 Å². The highest BCUT2D eigenvalue weighted by Gasteiger charge is 2.34. The summed E-state index contributed by atoms with van der Waals surface area (Å²) in [6, 6.07) is 2.90. The fourth-order valence-electron chi connectivity index (χ4n) is 3.72. The van der Waals surface area contributed by atoms with Crippen LogP contribution >= 0.6 is 0 Å². The van der Waals surface area contributed by atoms with Gasteiger partial charge in [-0.15, -0.1) is 0 Å². The smallest absolute Gasteiger partial charge is 0.261 e. The molecule has 0 spiro atoms. The van der Waals surface area contributed by atoms with Crippen LogP contribution in [0.25, 0.3) is 11.5 Å². The highest BCUT2D eigenvalue weighted by atomic mass is 32.2. The van der Waals surface area contributed by atoms with Gasteiger partial charge >= 0.3 is 0 Å². The molecule has 160 valence electrons. The zero-order chi connectivity index (χ0) is 21.6. The molecule has 30 heavy (non-hydrogen) atoms. The SMILES string of the molecule is CCn1c(C)c(-c2nc(C3CC3)no2)c(S(=O)(=O)NCc2cc(F)cc(F)c2)c1C. The molecular weight excluding hydrogens is 414 g/mol. The predicted molar refractivity (Wildman–Crippen MR) is 105 cm³/mol. The average Bonchev–Trinajstić information content (AvgIpc) is 3.34. The molecule has 10 heteroatoms. The van der Waals surface area contributed by atoms with E-state index in [0.29, 0.717) is 29.3 Å². The molecule has 4 rings (SSSR count). The van der Waals surface area contributed by atoms with Gasteiger partial charge in [0.15, 0.2) is 5.82 Å². The summed E-state index contributed by atoms with van der Waals surface area (Å²) in [5.41, 5.74) is 1.75. The molecule has 3 aromatic rings. The van der Waals surface area contributed by atoms with Crippen molar-refractivity contribution in [1.82, 2.24) is 19.4 Å². The lowest BCUT2D eigenvalue weighted by molar-refractivity contribution is 0.421. The van der Waals surface area contributed by atoms with Crippen molar-refractivity contribution in [2.45, 2.75) is 57.5 Å². The van der Waals surface area contributed by atoms with Crippen LogP contribution in [0.2, 0.25) is 0 Å². The Kier molecular flexibility index (Phi) is 5.23. The molecule has 2 heterocycles. The Bertz CT molecular complexity index is 1190. The van der Waals surface area contributed by atoms with E-state index in [-0.39, 0.29) is 28.8 Å². The van der Waals surface area contributed by atoms with E-state index in [9.17, 15) is 17.2 Å². The average molecular weight is 436 g/mol. The Labute approximate surface area is 173 Å². The molecule has 0 radical (unpaired) electrons. The third kappa shape index (κ3) is 3.77. The highest BCUT2D eigenvalue weighted by Crippen LogP contribution is 2.40. The number of nitrogens with one attached hydrogen (secondary N) is 1. The standard InChI is InChI=1S/C20H22F2N4O3S/c1-4-26-11(2)17(20-24-19(25-29-20)14-5-6-14)18(12(26)3)30(27,28)23-10-13-7-15(21)9-16(22)8-13/h7-9,14,23H,4-6,10H2,1-3H3. The number of aromatic nitrogens is 3. The quantitative estimate of drug-likeness (QED) is 0.608. The first kappa shape index (κ1) is 20.7. The second-order valence-electron chi connectivity index (χ2n) is 7.45. The number of hydrogen-bond acceptors (Lipinski definition) is 5. The minimum atomic E-state index is -4.04. The first-order valence-corrected chi connectivity index (χ1v) is 11.2. The molecule has 1 aromatic carbocycles. The number of halogens is 2. The van der Waals surface area contributed by atoms with Crippen molar-refractivity contribution >= 4 is 10.0 Å². The summed E-state index contributed by atoms with van der Waals surface area (Å²) >= 11 is 0. The van der Waals surface area contributed by atoms with E-state index in [4.69, 9.17) is 4.52 Å². The summed E-state index contributed by atoms with van der Waals surface area (Å²) in [7, 11) is -4.04. The monoisotopic (exact) mass is 436 g/mol. The van der Waals surface area contributed by atoms with Crippen LogP contribution < -0.4 is 4.72 Å². The molecule has 0 saturated heterocycles. The molecule has 0 unspecified atom stereocenters. The highest BCUT2D eigenvalue weighted by molar-refractivity contribution is 7.89. The van der Waals surface area contributed by atoms with Crippen molar-refractivity contribution in [3.63, 3.8) is 0 Å². The summed E-state index contributed by atoms with van der Waals surface area (Å²) in [5.74, 6) is -0.544. The second kappa shape index (κ2) is 7.59. The summed E-state index contributed by atoms with van der Waals surface area (Å²) < 4.78 is 63.0. The summed E-state index contributed by atoms with van der Waals surface area (Å²) in [5, 5.41) is 4.00. The van der Waals surface area contributed by atoms with Crippen LogP contribution in [0.5, 0.6) is 0 Å². The number of hydrogen-bond donors (Lipinski definition) is 1. The van der Waals surface area contributed by atoms with Gasteiger partial charge in [-0.1, -0.05) is 5.16 Å². The number of benzene rings is 1. The van der Waals surface area contributed by atoms with Crippen LogP contribution in [-0.2, 0) is 23.1 Å². The van der Waals surface area contributed by atoms with Gasteiger partial charge in [0.2, 0.25) is 10.0 Å². The van der Waals surface area contributed by atoms with E-state index >= 15 is 0 Å². The fraction of sp³-hybridized carbons (Fsp3) is 0.400. The molecule has 1 fully saturated rings. The topological polar surface area (TPSA) is 90.0 Å². The first-order valence-electron chi connectivity index (χ1n) is 9.69. The number of sulfonamides is 1. The van der Waals surface area contributed by atoms with Crippen molar-refractivity contribution in [2.75, 3.05) is 0 Å². The molecule has 0 aliphatic heterocycles. The van der Waals surface area contributed by atoms with E-state index in [2.05, 4.69) is 14.9 Å². The first-order chi connectivity index (χ1) is 14.2. The van der Waals surface area contributed by atoms with Crippen LogP contribution in [0.15, 0.2) is 27.6 Å². The van der Waals surface area contributed by atoms with E-state index in [0.717, 1.165) is 31.0 Å². The Morgan fingerprint density at radius 1 is 1.17 bits per heavy atom. The van der Waals surface area contributed by atoms with E-state index < -0.39 is 21.7 Å². The molecule has 1 aliphatic rings. The van der Waals surface area contributed by atoms with Gasteiger partial charge in [0.05, 0.1) is 5.56 Å². The van der Waals surface area contributed by atoms with Gasteiger partial charge in [-0.2, -0.15) is 4.98 Å². The van der Waals surface area contributed by atoms with Gasteiger partial charge in [-0.3, -0.25) is 0 Å². The molecule has 7 nitrogen and oxygen atoms in total. The Morgan fingerprint density at radius 2 is 1.83 bits per heavy atom.